The number of β-amino-alcohol motifs (C(OH)–C–C–N with tert-alkyl or cyclic N) is 1. The number of carbonyl (C=O) groups is 1. The lowest BCUT2D eigenvalue weighted by Gasteiger charge is -2.20. The zero-order valence-corrected chi connectivity index (χ0v) is 14.8. The van der Waals surface area contributed by atoms with Gasteiger partial charge in [0.05, 0.1) is 6.61 Å². The molecule has 0 spiro atoms. The molecule has 1 aromatic carbocycles. The summed E-state index contributed by atoms with van der Waals surface area (Å²) in [5.41, 5.74) is 1.53. The fourth-order valence-electron chi connectivity index (χ4n) is 2.92. The Morgan fingerprint density at radius 1 is 1.29 bits per heavy atom. The Hall–Kier alpha value is -1.43. The summed E-state index contributed by atoms with van der Waals surface area (Å²) < 4.78 is 11.3. The maximum atomic E-state index is 11.9. The minimum absolute atomic E-state index is 0.105. The molecule has 5 nitrogen and oxygen atoms in total. The van der Waals surface area contributed by atoms with Gasteiger partial charge in [-0.25, -0.2) is 0 Å². The molecule has 1 aliphatic heterocycles. The van der Waals surface area contributed by atoms with Crippen LogP contribution >= 0.6 is 0 Å². The first kappa shape index (κ1) is 18.9. The van der Waals surface area contributed by atoms with Crippen LogP contribution in [0, 0.1) is 0 Å². The van der Waals surface area contributed by atoms with Gasteiger partial charge in [-0.2, -0.15) is 0 Å². The fourth-order valence-corrected chi connectivity index (χ4v) is 2.92. The van der Waals surface area contributed by atoms with E-state index in [0.717, 1.165) is 18.7 Å². The number of likely N-dealkylation sites (tertiary alicyclic amines) is 1. The van der Waals surface area contributed by atoms with Gasteiger partial charge >= 0.3 is 0 Å². The molecule has 1 unspecified atom stereocenters. The molecule has 24 heavy (non-hydrogen) atoms. The first-order chi connectivity index (χ1) is 11.6. The molecule has 0 aliphatic carbocycles. The van der Waals surface area contributed by atoms with Crippen LogP contribution in [-0.2, 0) is 11.3 Å². The first-order valence-electron chi connectivity index (χ1n) is 8.91. The van der Waals surface area contributed by atoms with Crippen molar-refractivity contribution in [2.75, 3.05) is 32.8 Å². The number of aliphatic hydroxyl groups excluding tert-OH is 1. The average molecular weight is 335 g/mol. The van der Waals surface area contributed by atoms with Crippen molar-refractivity contribution < 1.29 is 19.4 Å². The van der Waals surface area contributed by atoms with Crippen molar-refractivity contribution in [2.45, 2.75) is 45.8 Å². The number of aliphatic hydroxyl groups is 1. The normalized spacial score (nSPS) is 16.3. The van der Waals surface area contributed by atoms with Crippen molar-refractivity contribution in [3.05, 3.63) is 29.3 Å². The molecule has 0 radical (unpaired) electrons. The lowest BCUT2D eigenvalue weighted by atomic mass is 10.1. The third-order valence-corrected chi connectivity index (χ3v) is 4.26. The predicted molar refractivity (Wildman–Crippen MR) is 93.6 cm³/mol. The highest BCUT2D eigenvalue weighted by Gasteiger charge is 2.17. The molecule has 0 amide bonds. The van der Waals surface area contributed by atoms with Gasteiger partial charge in [0.15, 0.2) is 5.78 Å². The van der Waals surface area contributed by atoms with E-state index in [1.54, 1.807) is 12.1 Å². The second-order valence-corrected chi connectivity index (χ2v) is 6.21. The van der Waals surface area contributed by atoms with Crippen LogP contribution in [0.4, 0.5) is 0 Å². The number of ketones is 1. The number of ether oxygens (including phenoxy) is 2. The number of benzene rings is 1. The Kier molecular flexibility index (Phi) is 7.69. The van der Waals surface area contributed by atoms with E-state index >= 15 is 0 Å². The zero-order valence-electron chi connectivity index (χ0n) is 14.8. The maximum Gasteiger partial charge on any atom is 0.162 e. The Morgan fingerprint density at radius 2 is 2.04 bits per heavy atom. The van der Waals surface area contributed by atoms with Crippen LogP contribution in [0.5, 0.6) is 5.75 Å². The second-order valence-electron chi connectivity index (χ2n) is 6.21. The van der Waals surface area contributed by atoms with Crippen molar-refractivity contribution in [1.82, 2.24) is 4.90 Å². The molecule has 1 fully saturated rings. The van der Waals surface area contributed by atoms with Crippen molar-refractivity contribution in [1.29, 1.82) is 0 Å². The van der Waals surface area contributed by atoms with E-state index in [-0.39, 0.29) is 12.4 Å². The number of rotatable bonds is 10. The number of hydrogen-bond donors (Lipinski definition) is 1. The fraction of sp³-hybridized carbons (Fsp3) is 0.632. The Morgan fingerprint density at radius 3 is 2.71 bits per heavy atom. The Balaban J connectivity index is 1.97. The molecule has 1 heterocycles. The average Bonchev–Trinajstić information content (AvgIpc) is 3.10. The predicted octanol–water partition coefficient (Wildman–Crippen LogP) is 2.65. The van der Waals surface area contributed by atoms with Crippen molar-refractivity contribution in [2.24, 2.45) is 0 Å². The second kappa shape index (κ2) is 9.77. The largest absolute Gasteiger partial charge is 0.490 e. The van der Waals surface area contributed by atoms with E-state index in [1.807, 2.05) is 19.9 Å². The SMILES string of the molecule is CCOCc1cc(C(=O)CC)ccc1OCC(O)CN1CCCC1. The van der Waals surface area contributed by atoms with Crippen LogP contribution in [0.1, 0.15) is 49.0 Å². The first-order valence-corrected chi connectivity index (χ1v) is 8.91. The van der Waals surface area contributed by atoms with E-state index in [9.17, 15) is 9.90 Å². The van der Waals surface area contributed by atoms with Gasteiger partial charge in [0.25, 0.3) is 0 Å². The molecule has 0 aromatic heterocycles. The molecule has 0 saturated carbocycles. The third-order valence-electron chi connectivity index (χ3n) is 4.26. The molecule has 1 aromatic rings. The van der Waals surface area contributed by atoms with Crippen LogP contribution in [0.2, 0.25) is 0 Å². The highest BCUT2D eigenvalue weighted by atomic mass is 16.5. The van der Waals surface area contributed by atoms with E-state index in [4.69, 9.17) is 9.47 Å². The minimum atomic E-state index is -0.514. The molecular formula is C19H29NO4. The number of carbonyl (C=O) groups excluding carboxylic acids is 1. The molecule has 134 valence electrons. The van der Waals surface area contributed by atoms with E-state index in [0.29, 0.717) is 37.5 Å². The molecule has 1 aliphatic rings. The van der Waals surface area contributed by atoms with Crippen LogP contribution in [0.25, 0.3) is 0 Å². The van der Waals surface area contributed by atoms with Gasteiger partial charge in [-0.15, -0.1) is 0 Å². The van der Waals surface area contributed by atoms with E-state index in [2.05, 4.69) is 4.90 Å². The third kappa shape index (κ3) is 5.58. The van der Waals surface area contributed by atoms with E-state index in [1.165, 1.54) is 12.8 Å². The Labute approximate surface area is 144 Å². The van der Waals surface area contributed by atoms with Gasteiger partial charge < -0.3 is 19.5 Å². The highest BCUT2D eigenvalue weighted by Crippen LogP contribution is 2.22. The van der Waals surface area contributed by atoms with Gasteiger partial charge in [-0.1, -0.05) is 6.92 Å². The van der Waals surface area contributed by atoms with Gasteiger partial charge in [-0.05, 0) is 51.1 Å². The van der Waals surface area contributed by atoms with Crippen LogP contribution in [0.3, 0.4) is 0 Å². The summed E-state index contributed by atoms with van der Waals surface area (Å²) in [7, 11) is 0. The van der Waals surface area contributed by atoms with E-state index < -0.39 is 6.10 Å². The van der Waals surface area contributed by atoms with Crippen molar-refractivity contribution in [3.63, 3.8) is 0 Å². The van der Waals surface area contributed by atoms with Gasteiger partial charge in [0.1, 0.15) is 18.5 Å². The van der Waals surface area contributed by atoms with Crippen molar-refractivity contribution >= 4 is 5.78 Å². The standard InChI is InChI=1S/C19H29NO4/c1-3-18(22)15-7-8-19(16(11-15)13-23-4-2)24-14-17(21)12-20-9-5-6-10-20/h7-8,11,17,21H,3-6,9-10,12-14H2,1-2H3. The Bertz CT molecular complexity index is 526. The van der Waals surface area contributed by atoms with Gasteiger partial charge in [0.2, 0.25) is 0 Å². The monoisotopic (exact) mass is 335 g/mol. The molecular weight excluding hydrogens is 306 g/mol. The smallest absolute Gasteiger partial charge is 0.162 e. The summed E-state index contributed by atoms with van der Waals surface area (Å²) in [5, 5.41) is 10.2. The highest BCUT2D eigenvalue weighted by molar-refractivity contribution is 5.96. The summed E-state index contributed by atoms with van der Waals surface area (Å²) in [6, 6.07) is 5.42. The summed E-state index contributed by atoms with van der Waals surface area (Å²) in [6.45, 7) is 7.79. The molecule has 0 bridgehead atoms. The summed E-state index contributed by atoms with van der Waals surface area (Å²) in [5.74, 6) is 0.782. The van der Waals surface area contributed by atoms with Crippen LogP contribution in [-0.4, -0.2) is 54.7 Å². The molecule has 1 atom stereocenters. The summed E-state index contributed by atoms with van der Waals surface area (Å²) in [4.78, 5) is 14.1. The maximum absolute atomic E-state index is 11.9. The quantitative estimate of drug-likeness (QED) is 0.666. The minimum Gasteiger partial charge on any atom is -0.490 e. The molecule has 1 N–H and O–H groups in total. The van der Waals surface area contributed by atoms with Crippen LogP contribution in [0.15, 0.2) is 18.2 Å². The van der Waals surface area contributed by atoms with Crippen LogP contribution < -0.4 is 4.74 Å². The van der Waals surface area contributed by atoms with Crippen molar-refractivity contribution in [3.8, 4) is 5.75 Å². The molecule has 1 saturated heterocycles. The number of Topliss-reactive ketones (excluding diaryl/α,β-unsaturated/α-hetero) is 1. The topological polar surface area (TPSA) is 59.0 Å². The lowest BCUT2D eigenvalue weighted by Crippen LogP contribution is -2.33. The zero-order chi connectivity index (χ0) is 17.4. The number of hydrogen-bond acceptors (Lipinski definition) is 5. The summed E-state index contributed by atoms with van der Waals surface area (Å²) in [6.07, 6.45) is 2.38. The molecule has 5 heteroatoms. The lowest BCUT2D eigenvalue weighted by molar-refractivity contribution is 0.0733. The van der Waals surface area contributed by atoms with Gasteiger partial charge in [0, 0.05) is 30.7 Å². The van der Waals surface area contributed by atoms with Gasteiger partial charge in [-0.3, -0.25) is 4.79 Å². The summed E-state index contributed by atoms with van der Waals surface area (Å²) >= 11 is 0. The molecule has 2 rings (SSSR count). The number of nitrogens with zero attached hydrogens (tertiary/aromatic N) is 1.